The molecule has 1 heterocycles. The Bertz CT molecular complexity index is 384. The van der Waals surface area contributed by atoms with Gasteiger partial charge >= 0.3 is 5.97 Å². The average molecular weight is 375 g/mol. The molecule has 6 heteroatoms. The number of aliphatic hydroxyl groups is 1. The van der Waals surface area contributed by atoms with E-state index in [1.165, 1.54) is 32.1 Å². The van der Waals surface area contributed by atoms with E-state index in [1.807, 2.05) is 20.8 Å². The normalized spacial score (nSPS) is 23.1. The Morgan fingerprint density at radius 2 is 1.77 bits per heavy atom. The Hall–Kier alpha value is -0.690. The summed E-state index contributed by atoms with van der Waals surface area (Å²) >= 11 is 0. The first kappa shape index (κ1) is 23.3. The molecule has 0 aromatic carbocycles. The highest BCUT2D eigenvalue weighted by Crippen LogP contribution is 2.30. The molecule has 3 atom stereocenters. The van der Waals surface area contributed by atoms with Crippen LogP contribution in [0.3, 0.4) is 0 Å². The van der Waals surface area contributed by atoms with E-state index >= 15 is 0 Å². The zero-order valence-corrected chi connectivity index (χ0v) is 17.0. The number of hydrogen-bond donors (Lipinski definition) is 1. The number of hydrogen-bond acceptors (Lipinski definition) is 6. The van der Waals surface area contributed by atoms with Gasteiger partial charge in [-0.2, -0.15) is 0 Å². The fourth-order valence-corrected chi connectivity index (χ4v) is 3.05. The molecule has 0 aromatic heterocycles. The zero-order chi connectivity index (χ0) is 19.4. The van der Waals surface area contributed by atoms with Crippen molar-refractivity contribution in [1.82, 2.24) is 0 Å². The predicted octanol–water partition coefficient (Wildman–Crippen LogP) is 3.59. The smallest absolute Gasteiger partial charge is 0.305 e. The van der Waals surface area contributed by atoms with Crippen LogP contribution >= 0.6 is 0 Å². The Morgan fingerprint density at radius 3 is 2.46 bits per heavy atom. The van der Waals surface area contributed by atoms with Crippen LogP contribution in [0.4, 0.5) is 0 Å². The van der Waals surface area contributed by atoms with E-state index in [1.54, 1.807) is 0 Å². The van der Waals surface area contributed by atoms with Gasteiger partial charge in [0, 0.05) is 13.0 Å². The molecule has 0 bridgehead atoms. The molecule has 0 amide bonds. The standard InChI is InChI=1S/C20H38O6/c1-5-7-8-9-10-11-13-23-15-17-19(26-20(3,4)25-17)16(21)14-24-18(22)12-6-2/h16-17,19,21H,5-15H2,1-4H3/t16-,17+,19+/m1/s1. The van der Waals surface area contributed by atoms with Gasteiger partial charge in [0.05, 0.1) is 6.61 Å². The zero-order valence-electron chi connectivity index (χ0n) is 17.0. The first-order valence-electron chi connectivity index (χ1n) is 10.2. The van der Waals surface area contributed by atoms with E-state index in [2.05, 4.69) is 6.92 Å². The van der Waals surface area contributed by atoms with Crippen LogP contribution in [0, 0.1) is 0 Å². The minimum atomic E-state index is -0.930. The van der Waals surface area contributed by atoms with Gasteiger partial charge in [-0.1, -0.05) is 46.0 Å². The summed E-state index contributed by atoms with van der Waals surface area (Å²) < 4.78 is 22.5. The largest absolute Gasteiger partial charge is 0.463 e. The number of unbranched alkanes of at least 4 members (excludes halogenated alkanes) is 5. The number of ether oxygens (including phenoxy) is 4. The number of aliphatic hydroxyl groups excluding tert-OH is 1. The third kappa shape index (κ3) is 9.31. The van der Waals surface area contributed by atoms with Crippen molar-refractivity contribution in [1.29, 1.82) is 0 Å². The minimum absolute atomic E-state index is 0.0864. The maximum Gasteiger partial charge on any atom is 0.305 e. The van der Waals surface area contributed by atoms with E-state index in [0.717, 1.165) is 12.8 Å². The van der Waals surface area contributed by atoms with E-state index in [4.69, 9.17) is 18.9 Å². The minimum Gasteiger partial charge on any atom is -0.463 e. The molecule has 6 nitrogen and oxygen atoms in total. The molecule has 1 aliphatic heterocycles. The van der Waals surface area contributed by atoms with Crippen molar-refractivity contribution in [3.05, 3.63) is 0 Å². The van der Waals surface area contributed by atoms with E-state index in [0.29, 0.717) is 19.6 Å². The molecule has 1 fully saturated rings. The lowest BCUT2D eigenvalue weighted by Crippen LogP contribution is -2.41. The third-order valence-electron chi connectivity index (χ3n) is 4.39. The van der Waals surface area contributed by atoms with Gasteiger partial charge in [-0.3, -0.25) is 4.79 Å². The van der Waals surface area contributed by atoms with Crippen molar-refractivity contribution in [3.8, 4) is 0 Å². The fourth-order valence-electron chi connectivity index (χ4n) is 3.05. The van der Waals surface area contributed by atoms with Gasteiger partial charge in [-0.15, -0.1) is 0 Å². The summed E-state index contributed by atoms with van der Waals surface area (Å²) in [6.45, 7) is 8.70. The second-order valence-corrected chi connectivity index (χ2v) is 7.48. The van der Waals surface area contributed by atoms with Crippen molar-refractivity contribution in [2.75, 3.05) is 19.8 Å². The van der Waals surface area contributed by atoms with Gasteiger partial charge < -0.3 is 24.1 Å². The lowest BCUT2D eigenvalue weighted by molar-refractivity contribution is -0.164. The number of carbonyl (C=O) groups is 1. The van der Waals surface area contributed by atoms with Gasteiger partial charge in [0.15, 0.2) is 5.79 Å². The molecule has 1 N–H and O–H groups in total. The molecule has 1 saturated heterocycles. The van der Waals surface area contributed by atoms with Gasteiger partial charge in [0.25, 0.3) is 0 Å². The predicted molar refractivity (Wildman–Crippen MR) is 99.9 cm³/mol. The lowest BCUT2D eigenvalue weighted by Gasteiger charge is -2.22. The molecule has 1 rings (SSSR count). The highest BCUT2D eigenvalue weighted by atomic mass is 16.8. The van der Waals surface area contributed by atoms with Crippen LogP contribution in [0.2, 0.25) is 0 Å². The van der Waals surface area contributed by atoms with Gasteiger partial charge in [0.1, 0.15) is 24.9 Å². The second kappa shape index (κ2) is 12.7. The van der Waals surface area contributed by atoms with Gasteiger partial charge in [0.2, 0.25) is 0 Å². The summed E-state index contributed by atoms with van der Waals surface area (Å²) in [4.78, 5) is 11.5. The highest BCUT2D eigenvalue weighted by Gasteiger charge is 2.45. The fraction of sp³-hybridized carbons (Fsp3) is 0.950. The van der Waals surface area contributed by atoms with Crippen LogP contribution in [0.25, 0.3) is 0 Å². The molecular weight excluding hydrogens is 336 g/mol. The van der Waals surface area contributed by atoms with Gasteiger partial charge in [-0.25, -0.2) is 0 Å². The van der Waals surface area contributed by atoms with Crippen LogP contribution < -0.4 is 0 Å². The summed E-state index contributed by atoms with van der Waals surface area (Å²) in [6, 6.07) is 0. The maximum atomic E-state index is 11.5. The maximum absolute atomic E-state index is 11.5. The second-order valence-electron chi connectivity index (χ2n) is 7.48. The first-order valence-corrected chi connectivity index (χ1v) is 10.2. The van der Waals surface area contributed by atoms with Crippen LogP contribution in [-0.4, -0.2) is 55.0 Å². The van der Waals surface area contributed by atoms with E-state index < -0.39 is 18.0 Å². The molecule has 1 aliphatic rings. The Kier molecular flexibility index (Phi) is 11.4. The van der Waals surface area contributed by atoms with Crippen molar-refractivity contribution < 1.29 is 28.8 Å². The van der Waals surface area contributed by atoms with E-state index in [-0.39, 0.29) is 18.7 Å². The molecule has 0 radical (unpaired) electrons. The average Bonchev–Trinajstić information content (AvgIpc) is 2.90. The van der Waals surface area contributed by atoms with Crippen molar-refractivity contribution in [2.45, 2.75) is 103 Å². The molecule has 0 aromatic rings. The van der Waals surface area contributed by atoms with Crippen LogP contribution in [0.5, 0.6) is 0 Å². The topological polar surface area (TPSA) is 74.2 Å². The summed E-state index contributed by atoms with van der Waals surface area (Å²) in [5.41, 5.74) is 0. The highest BCUT2D eigenvalue weighted by molar-refractivity contribution is 5.69. The molecule has 0 unspecified atom stereocenters. The molecular formula is C20H38O6. The third-order valence-corrected chi connectivity index (χ3v) is 4.39. The summed E-state index contributed by atoms with van der Waals surface area (Å²) in [7, 11) is 0. The molecule has 26 heavy (non-hydrogen) atoms. The van der Waals surface area contributed by atoms with Crippen LogP contribution in [0.1, 0.15) is 79.1 Å². The summed E-state index contributed by atoms with van der Waals surface area (Å²) in [5, 5.41) is 10.4. The molecule has 0 saturated carbocycles. The summed E-state index contributed by atoms with van der Waals surface area (Å²) in [6.07, 6.45) is 6.50. The van der Waals surface area contributed by atoms with Crippen molar-refractivity contribution >= 4 is 5.97 Å². The number of esters is 1. The molecule has 0 spiro atoms. The van der Waals surface area contributed by atoms with Crippen molar-refractivity contribution in [2.24, 2.45) is 0 Å². The SMILES string of the molecule is CCCCCCCCOC[C@@H]1OC(C)(C)O[C@H]1[C@H](O)COC(=O)CCC. The first-order chi connectivity index (χ1) is 12.4. The van der Waals surface area contributed by atoms with Gasteiger partial charge in [-0.05, 0) is 26.7 Å². The summed E-state index contributed by atoms with van der Waals surface area (Å²) in [5.74, 6) is -1.09. The number of carbonyl (C=O) groups excluding carboxylic acids is 1. The lowest BCUT2D eigenvalue weighted by atomic mass is 10.1. The molecule has 0 aliphatic carbocycles. The van der Waals surface area contributed by atoms with Crippen LogP contribution in [0.15, 0.2) is 0 Å². The monoisotopic (exact) mass is 374 g/mol. The number of rotatable bonds is 14. The Labute approximate surface area is 158 Å². The van der Waals surface area contributed by atoms with Crippen molar-refractivity contribution in [3.63, 3.8) is 0 Å². The molecule has 154 valence electrons. The quantitative estimate of drug-likeness (QED) is 0.370. The van der Waals surface area contributed by atoms with E-state index in [9.17, 15) is 9.90 Å². The van der Waals surface area contributed by atoms with Crippen LogP contribution in [-0.2, 0) is 23.7 Å². The Morgan fingerprint density at radius 1 is 1.08 bits per heavy atom. The Balaban J connectivity index is 2.31.